The maximum atomic E-state index is 9.23. The average molecular weight is 253 g/mol. The summed E-state index contributed by atoms with van der Waals surface area (Å²) < 4.78 is 11.9. The molecular formula is C15H16BNO2. The summed E-state index contributed by atoms with van der Waals surface area (Å²) >= 11 is 0. The van der Waals surface area contributed by atoms with Crippen molar-refractivity contribution in [3.63, 3.8) is 0 Å². The highest BCUT2D eigenvalue weighted by atomic mass is 16.7. The lowest BCUT2D eigenvalue weighted by Gasteiger charge is -2.32. The molecular weight excluding hydrogens is 237 g/mol. The van der Waals surface area contributed by atoms with Crippen LogP contribution >= 0.6 is 0 Å². The Morgan fingerprint density at radius 2 is 1.74 bits per heavy atom. The van der Waals surface area contributed by atoms with E-state index < -0.39 is 18.3 Å². The Bertz CT molecular complexity index is 577. The molecule has 0 atom stereocenters. The van der Waals surface area contributed by atoms with Gasteiger partial charge in [-0.1, -0.05) is 12.0 Å². The summed E-state index contributed by atoms with van der Waals surface area (Å²) in [4.78, 5) is 0. The summed E-state index contributed by atoms with van der Waals surface area (Å²) in [6.45, 7) is 7.92. The van der Waals surface area contributed by atoms with E-state index in [1.807, 2.05) is 27.7 Å². The summed E-state index contributed by atoms with van der Waals surface area (Å²) in [6.07, 6.45) is 5.34. The van der Waals surface area contributed by atoms with Crippen LogP contribution in [0.5, 0.6) is 0 Å². The summed E-state index contributed by atoms with van der Waals surface area (Å²) in [5.74, 6) is 2.52. The molecule has 0 radical (unpaired) electrons. The normalized spacial score (nSPS) is 19.8. The molecule has 0 unspecified atom stereocenters. The minimum atomic E-state index is -0.536. The molecule has 0 bridgehead atoms. The SMILES string of the molecule is C#Cc1ccc(B2OC(C)(C)C(C)(C)O2)c(C#N)c1. The molecule has 1 fully saturated rings. The fraction of sp³-hybridized carbons (Fsp3) is 0.400. The lowest BCUT2D eigenvalue weighted by atomic mass is 9.76. The first-order valence-corrected chi connectivity index (χ1v) is 6.17. The lowest BCUT2D eigenvalue weighted by molar-refractivity contribution is 0.00578. The van der Waals surface area contributed by atoms with Gasteiger partial charge in [0, 0.05) is 11.0 Å². The lowest BCUT2D eigenvalue weighted by Crippen LogP contribution is -2.41. The molecule has 0 spiro atoms. The third kappa shape index (κ3) is 2.26. The van der Waals surface area contributed by atoms with Gasteiger partial charge in [-0.3, -0.25) is 0 Å². The average Bonchev–Trinajstić information content (AvgIpc) is 2.57. The Balaban J connectivity index is 2.41. The van der Waals surface area contributed by atoms with Crippen molar-refractivity contribution >= 4 is 12.6 Å². The van der Waals surface area contributed by atoms with Crippen molar-refractivity contribution in [2.45, 2.75) is 38.9 Å². The Morgan fingerprint density at radius 1 is 1.16 bits per heavy atom. The highest BCUT2D eigenvalue weighted by Crippen LogP contribution is 2.36. The van der Waals surface area contributed by atoms with Gasteiger partial charge in [0.25, 0.3) is 0 Å². The van der Waals surface area contributed by atoms with Crippen molar-refractivity contribution in [3.05, 3.63) is 29.3 Å². The van der Waals surface area contributed by atoms with Crippen molar-refractivity contribution in [2.24, 2.45) is 0 Å². The van der Waals surface area contributed by atoms with E-state index in [0.29, 0.717) is 11.1 Å². The van der Waals surface area contributed by atoms with Gasteiger partial charge >= 0.3 is 7.12 Å². The highest BCUT2D eigenvalue weighted by molar-refractivity contribution is 6.62. The number of nitrogens with zero attached hydrogens (tertiary/aromatic N) is 1. The van der Waals surface area contributed by atoms with E-state index in [2.05, 4.69) is 12.0 Å². The van der Waals surface area contributed by atoms with Crippen LogP contribution in [0.2, 0.25) is 0 Å². The first-order chi connectivity index (χ1) is 8.80. The summed E-state index contributed by atoms with van der Waals surface area (Å²) in [5.41, 5.74) is 1.05. The molecule has 3 nitrogen and oxygen atoms in total. The standard InChI is InChI=1S/C15H16BNO2/c1-6-11-7-8-13(12(9-11)10-17)16-18-14(2,3)15(4,5)19-16/h1,7-9H,2-5H3. The molecule has 1 heterocycles. The molecule has 1 saturated heterocycles. The van der Waals surface area contributed by atoms with Crippen molar-refractivity contribution < 1.29 is 9.31 Å². The number of benzene rings is 1. The third-order valence-electron chi connectivity index (χ3n) is 3.85. The Labute approximate surface area is 114 Å². The van der Waals surface area contributed by atoms with Crippen molar-refractivity contribution in [2.75, 3.05) is 0 Å². The molecule has 2 rings (SSSR count). The number of nitriles is 1. The quantitative estimate of drug-likeness (QED) is 0.566. The fourth-order valence-electron chi connectivity index (χ4n) is 1.92. The van der Waals surface area contributed by atoms with Crippen LogP contribution in [0.1, 0.15) is 38.8 Å². The Kier molecular flexibility index (Phi) is 3.18. The van der Waals surface area contributed by atoms with Crippen molar-refractivity contribution in [1.82, 2.24) is 0 Å². The van der Waals surface area contributed by atoms with Gasteiger partial charge in [0.1, 0.15) is 0 Å². The first-order valence-electron chi connectivity index (χ1n) is 6.17. The topological polar surface area (TPSA) is 42.2 Å². The van der Waals surface area contributed by atoms with Crippen molar-refractivity contribution in [3.8, 4) is 18.4 Å². The summed E-state index contributed by atoms with van der Waals surface area (Å²) in [5, 5.41) is 9.23. The second-order valence-electron chi connectivity index (χ2n) is 5.65. The zero-order valence-electron chi connectivity index (χ0n) is 11.7. The minimum absolute atomic E-state index is 0.421. The van der Waals surface area contributed by atoms with E-state index in [1.54, 1.807) is 18.2 Å². The van der Waals surface area contributed by atoms with E-state index >= 15 is 0 Å². The molecule has 4 heteroatoms. The maximum absolute atomic E-state index is 9.23. The Morgan fingerprint density at radius 3 is 2.21 bits per heavy atom. The molecule has 0 amide bonds. The van der Waals surface area contributed by atoms with Crippen LogP contribution in [0.25, 0.3) is 0 Å². The second-order valence-corrected chi connectivity index (χ2v) is 5.65. The van der Waals surface area contributed by atoms with Gasteiger partial charge < -0.3 is 9.31 Å². The predicted octanol–water partition coefficient (Wildman–Crippen LogP) is 1.84. The van der Waals surface area contributed by atoms with E-state index in [1.165, 1.54) is 0 Å². The number of hydrogen-bond donors (Lipinski definition) is 0. The van der Waals surface area contributed by atoms with E-state index in [-0.39, 0.29) is 0 Å². The molecule has 0 N–H and O–H groups in total. The zero-order chi connectivity index (χ0) is 14.3. The monoisotopic (exact) mass is 253 g/mol. The van der Waals surface area contributed by atoms with Gasteiger partial charge in [-0.25, -0.2) is 0 Å². The summed E-state index contributed by atoms with van der Waals surface area (Å²) in [6, 6.07) is 7.42. The van der Waals surface area contributed by atoms with Crippen molar-refractivity contribution in [1.29, 1.82) is 5.26 Å². The molecule has 1 aromatic rings. The van der Waals surface area contributed by atoms with Crippen LogP contribution in [0.4, 0.5) is 0 Å². The summed E-state index contributed by atoms with van der Waals surface area (Å²) in [7, 11) is -0.536. The largest absolute Gasteiger partial charge is 0.496 e. The zero-order valence-corrected chi connectivity index (χ0v) is 11.7. The van der Waals surface area contributed by atoms with E-state index in [9.17, 15) is 5.26 Å². The fourth-order valence-corrected chi connectivity index (χ4v) is 1.92. The second kappa shape index (κ2) is 4.42. The van der Waals surface area contributed by atoms with Gasteiger partial charge in [-0.2, -0.15) is 5.26 Å². The van der Waals surface area contributed by atoms with Crippen LogP contribution in [-0.2, 0) is 9.31 Å². The third-order valence-corrected chi connectivity index (χ3v) is 3.85. The van der Waals surface area contributed by atoms with Crippen LogP contribution < -0.4 is 5.46 Å². The van der Waals surface area contributed by atoms with Gasteiger partial charge in [-0.05, 0) is 39.8 Å². The van der Waals surface area contributed by atoms with Gasteiger partial charge in [0.15, 0.2) is 0 Å². The molecule has 1 aromatic carbocycles. The van der Waals surface area contributed by atoms with Crippen LogP contribution in [0.15, 0.2) is 18.2 Å². The number of hydrogen-bond acceptors (Lipinski definition) is 3. The molecule has 0 saturated carbocycles. The molecule has 0 aliphatic carbocycles. The predicted molar refractivity (Wildman–Crippen MR) is 74.8 cm³/mol. The van der Waals surface area contributed by atoms with Crippen LogP contribution in [-0.4, -0.2) is 18.3 Å². The van der Waals surface area contributed by atoms with E-state index in [0.717, 1.165) is 5.46 Å². The van der Waals surface area contributed by atoms with Crippen LogP contribution in [0.3, 0.4) is 0 Å². The van der Waals surface area contributed by atoms with Gasteiger partial charge in [0.05, 0.1) is 22.8 Å². The molecule has 1 aliphatic heterocycles. The smallest absolute Gasteiger partial charge is 0.399 e. The maximum Gasteiger partial charge on any atom is 0.496 e. The highest BCUT2D eigenvalue weighted by Gasteiger charge is 2.52. The minimum Gasteiger partial charge on any atom is -0.399 e. The van der Waals surface area contributed by atoms with Gasteiger partial charge in [0.2, 0.25) is 0 Å². The molecule has 96 valence electrons. The molecule has 0 aromatic heterocycles. The number of rotatable bonds is 1. The van der Waals surface area contributed by atoms with E-state index in [4.69, 9.17) is 15.7 Å². The molecule has 19 heavy (non-hydrogen) atoms. The Hall–Kier alpha value is -1.75. The van der Waals surface area contributed by atoms with Gasteiger partial charge in [-0.15, -0.1) is 6.42 Å². The van der Waals surface area contributed by atoms with Crippen LogP contribution in [0, 0.1) is 23.7 Å². The molecule has 1 aliphatic rings. The number of terminal acetylenes is 1. The first kappa shape index (κ1) is 13.7.